The number of urea groups is 1. The predicted octanol–water partition coefficient (Wildman–Crippen LogP) is 2.96. The van der Waals surface area contributed by atoms with Crippen LogP contribution in [0.4, 0.5) is 4.79 Å². The molecule has 2 aliphatic rings. The first-order valence-corrected chi connectivity index (χ1v) is 8.55. The summed E-state index contributed by atoms with van der Waals surface area (Å²) in [5.74, 6) is 0.102. The fourth-order valence-electron chi connectivity index (χ4n) is 3.66. The maximum atomic E-state index is 12.4. The van der Waals surface area contributed by atoms with Crippen molar-refractivity contribution in [1.29, 1.82) is 0 Å². The molecule has 1 saturated heterocycles. The lowest BCUT2D eigenvalue weighted by atomic mass is 9.80. The van der Waals surface area contributed by atoms with Crippen LogP contribution in [0.25, 0.3) is 0 Å². The van der Waals surface area contributed by atoms with Crippen molar-refractivity contribution in [2.45, 2.75) is 18.7 Å². The summed E-state index contributed by atoms with van der Waals surface area (Å²) in [5, 5.41) is 3.01. The molecule has 26 heavy (non-hydrogen) atoms. The number of carbonyl (C=O) groups excluding carboxylic acids is 2. The first kappa shape index (κ1) is 16.4. The highest BCUT2D eigenvalue weighted by Crippen LogP contribution is 2.47. The molecule has 0 aromatic heterocycles. The van der Waals surface area contributed by atoms with Crippen molar-refractivity contribution >= 4 is 12.0 Å². The Balaban J connectivity index is 1.63. The number of para-hydroxylation sites is 1. The van der Waals surface area contributed by atoms with Crippen LogP contribution in [0, 0.1) is 5.92 Å². The van der Waals surface area contributed by atoms with Crippen LogP contribution in [-0.2, 0) is 4.74 Å². The zero-order valence-corrected chi connectivity index (χ0v) is 14.6. The second kappa shape index (κ2) is 6.05. The number of fused-ring (bicyclic) bond motifs is 4. The second-order valence-electron chi connectivity index (χ2n) is 6.75. The van der Waals surface area contributed by atoms with Crippen LogP contribution in [-0.4, -0.2) is 36.3 Å². The van der Waals surface area contributed by atoms with Crippen LogP contribution >= 0.6 is 0 Å². The molecule has 2 heterocycles. The summed E-state index contributed by atoms with van der Waals surface area (Å²) in [6, 6.07) is 16.0. The van der Waals surface area contributed by atoms with Crippen LogP contribution in [0.1, 0.15) is 28.9 Å². The maximum absolute atomic E-state index is 12.4. The number of amides is 2. The van der Waals surface area contributed by atoms with E-state index in [0.29, 0.717) is 5.56 Å². The Morgan fingerprint density at radius 1 is 1.19 bits per heavy atom. The van der Waals surface area contributed by atoms with Crippen molar-refractivity contribution in [1.82, 2.24) is 10.2 Å². The van der Waals surface area contributed by atoms with Gasteiger partial charge in [-0.15, -0.1) is 0 Å². The lowest BCUT2D eigenvalue weighted by Gasteiger charge is -2.54. The first-order chi connectivity index (χ1) is 12.5. The number of ether oxygens (including phenoxy) is 2. The molecule has 134 valence electrons. The van der Waals surface area contributed by atoms with E-state index in [9.17, 15) is 9.59 Å². The van der Waals surface area contributed by atoms with E-state index in [4.69, 9.17) is 9.47 Å². The van der Waals surface area contributed by atoms with Gasteiger partial charge in [0.15, 0.2) is 5.72 Å². The highest BCUT2D eigenvalue weighted by atomic mass is 16.5. The lowest BCUT2D eigenvalue weighted by Crippen LogP contribution is -2.69. The Hall–Kier alpha value is -3.02. The van der Waals surface area contributed by atoms with Crippen LogP contribution in [0.3, 0.4) is 0 Å². The summed E-state index contributed by atoms with van der Waals surface area (Å²) in [6.07, 6.45) is 0. The molecule has 1 fully saturated rings. The van der Waals surface area contributed by atoms with Gasteiger partial charge in [-0.1, -0.05) is 36.4 Å². The Bertz CT molecular complexity index is 854. The maximum Gasteiger partial charge on any atom is 0.338 e. The van der Waals surface area contributed by atoms with Gasteiger partial charge in [-0.2, -0.15) is 0 Å². The third kappa shape index (κ3) is 2.49. The smallest absolute Gasteiger partial charge is 0.338 e. The van der Waals surface area contributed by atoms with Crippen molar-refractivity contribution in [3.05, 3.63) is 65.7 Å². The van der Waals surface area contributed by atoms with E-state index in [2.05, 4.69) is 5.32 Å². The fraction of sp³-hybridized carbons (Fsp3) is 0.300. The summed E-state index contributed by atoms with van der Waals surface area (Å²) >= 11 is 0. The molecule has 1 N–H and O–H groups in total. The van der Waals surface area contributed by atoms with E-state index in [-0.39, 0.29) is 30.6 Å². The number of nitrogens with one attached hydrogen (secondary N) is 1. The van der Waals surface area contributed by atoms with E-state index < -0.39 is 5.72 Å². The summed E-state index contributed by atoms with van der Waals surface area (Å²) in [5.41, 5.74) is 0.489. The minimum atomic E-state index is -0.904. The Labute approximate surface area is 151 Å². The van der Waals surface area contributed by atoms with Gasteiger partial charge in [0.1, 0.15) is 12.4 Å². The highest BCUT2D eigenvalue weighted by molar-refractivity contribution is 5.89. The summed E-state index contributed by atoms with van der Waals surface area (Å²) in [6.45, 7) is 1.99. The average molecular weight is 352 g/mol. The van der Waals surface area contributed by atoms with Crippen molar-refractivity contribution in [2.75, 3.05) is 13.7 Å². The molecule has 0 spiro atoms. The molecule has 4 rings (SSSR count). The number of carbonyl (C=O) groups is 2. The lowest BCUT2D eigenvalue weighted by molar-refractivity contribution is -0.133. The molecule has 3 atom stereocenters. The van der Waals surface area contributed by atoms with Crippen LogP contribution < -0.4 is 10.1 Å². The molecule has 0 saturated carbocycles. The zero-order chi connectivity index (χ0) is 18.3. The summed E-state index contributed by atoms with van der Waals surface area (Å²) in [4.78, 5) is 26.2. The topological polar surface area (TPSA) is 67.9 Å². The van der Waals surface area contributed by atoms with Crippen LogP contribution in [0.2, 0.25) is 0 Å². The zero-order valence-electron chi connectivity index (χ0n) is 14.6. The molecular weight excluding hydrogens is 332 g/mol. The number of hydrogen-bond donors (Lipinski definition) is 1. The number of benzene rings is 2. The molecule has 0 radical (unpaired) electrons. The number of hydrogen-bond acceptors (Lipinski definition) is 4. The van der Waals surface area contributed by atoms with Crippen molar-refractivity contribution in [3.63, 3.8) is 0 Å². The van der Waals surface area contributed by atoms with Crippen LogP contribution in [0.5, 0.6) is 5.75 Å². The Kier molecular flexibility index (Phi) is 3.83. The van der Waals surface area contributed by atoms with Gasteiger partial charge in [0.05, 0.1) is 17.5 Å². The van der Waals surface area contributed by atoms with Crippen molar-refractivity contribution in [2.24, 2.45) is 5.92 Å². The van der Waals surface area contributed by atoms with E-state index in [1.165, 1.54) is 4.90 Å². The van der Waals surface area contributed by atoms with Gasteiger partial charge in [0.2, 0.25) is 0 Å². The SMILES string of the molecule is CN1C(=O)N[C@@H]2c3ccccc3O[C@@]1(C)[C@@H]2COC(=O)c1ccccc1. The average Bonchev–Trinajstić information content (AvgIpc) is 2.66. The molecule has 2 aliphatic heterocycles. The number of nitrogens with zero attached hydrogens (tertiary/aromatic N) is 1. The van der Waals surface area contributed by atoms with E-state index in [1.807, 2.05) is 37.3 Å². The number of rotatable bonds is 3. The van der Waals surface area contributed by atoms with E-state index in [0.717, 1.165) is 11.3 Å². The van der Waals surface area contributed by atoms with E-state index in [1.54, 1.807) is 31.3 Å². The standard InChI is InChI=1S/C20H20N2O4/c1-20-15(12-25-18(23)13-8-4-3-5-9-13)17(21-19(24)22(20)2)14-10-6-7-11-16(14)26-20/h3-11,15,17H,12H2,1-2H3,(H,21,24)/t15-,17-,20+/m1/s1. The van der Waals surface area contributed by atoms with Crippen molar-refractivity contribution in [3.8, 4) is 5.75 Å². The Morgan fingerprint density at radius 2 is 1.88 bits per heavy atom. The van der Waals surface area contributed by atoms with Crippen LogP contribution in [0.15, 0.2) is 54.6 Å². The fourth-order valence-corrected chi connectivity index (χ4v) is 3.66. The molecule has 2 bridgehead atoms. The van der Waals surface area contributed by atoms with E-state index >= 15 is 0 Å². The number of esters is 1. The molecule has 6 heteroatoms. The molecule has 0 aliphatic carbocycles. The minimum Gasteiger partial charge on any atom is -0.467 e. The molecule has 0 unspecified atom stereocenters. The molecule has 2 aromatic carbocycles. The van der Waals surface area contributed by atoms with Gasteiger partial charge < -0.3 is 14.8 Å². The van der Waals surface area contributed by atoms with Crippen molar-refractivity contribution < 1.29 is 19.1 Å². The van der Waals surface area contributed by atoms with Gasteiger partial charge in [-0.3, -0.25) is 4.90 Å². The first-order valence-electron chi connectivity index (χ1n) is 8.55. The summed E-state index contributed by atoms with van der Waals surface area (Å²) in [7, 11) is 1.69. The summed E-state index contributed by atoms with van der Waals surface area (Å²) < 4.78 is 11.8. The third-order valence-electron chi connectivity index (χ3n) is 5.31. The molecule has 2 aromatic rings. The second-order valence-corrected chi connectivity index (χ2v) is 6.75. The Morgan fingerprint density at radius 3 is 2.65 bits per heavy atom. The van der Waals surface area contributed by atoms with Gasteiger partial charge in [0, 0.05) is 12.6 Å². The van der Waals surface area contributed by atoms with Gasteiger partial charge in [-0.05, 0) is 25.1 Å². The quantitative estimate of drug-likeness (QED) is 0.863. The highest BCUT2D eigenvalue weighted by Gasteiger charge is 2.55. The third-order valence-corrected chi connectivity index (χ3v) is 5.31. The molecule has 6 nitrogen and oxygen atoms in total. The van der Waals surface area contributed by atoms with Gasteiger partial charge in [0.25, 0.3) is 0 Å². The van der Waals surface area contributed by atoms with Gasteiger partial charge in [-0.25, -0.2) is 9.59 Å². The molecular formula is C20H20N2O4. The largest absolute Gasteiger partial charge is 0.467 e. The normalized spacial score (nSPS) is 26.4. The minimum absolute atomic E-state index is 0.133. The monoisotopic (exact) mass is 352 g/mol. The molecule has 2 amide bonds. The predicted molar refractivity (Wildman–Crippen MR) is 94.7 cm³/mol. The van der Waals surface area contributed by atoms with Gasteiger partial charge >= 0.3 is 12.0 Å².